The molecule has 0 spiro atoms. The molecule has 1 saturated carbocycles. The van der Waals surface area contributed by atoms with E-state index in [4.69, 9.17) is 5.26 Å². The molecule has 1 aliphatic rings. The quantitative estimate of drug-likeness (QED) is 0.739. The average Bonchev–Trinajstić information content (AvgIpc) is 2.48. The van der Waals surface area contributed by atoms with E-state index in [9.17, 15) is 4.39 Å². The maximum absolute atomic E-state index is 13.7. The highest BCUT2D eigenvalue weighted by Crippen LogP contribution is 2.39. The van der Waals surface area contributed by atoms with E-state index in [1.165, 1.54) is 5.56 Å². The number of halogens is 1. The first-order valence-corrected chi connectivity index (χ1v) is 7.10. The van der Waals surface area contributed by atoms with Crippen LogP contribution in [0.4, 0.5) is 4.39 Å². The number of benzene rings is 1. The van der Waals surface area contributed by atoms with E-state index in [0.29, 0.717) is 11.5 Å². The van der Waals surface area contributed by atoms with Crippen molar-refractivity contribution in [1.82, 2.24) is 0 Å². The Labute approximate surface area is 114 Å². The summed E-state index contributed by atoms with van der Waals surface area (Å²) in [5.41, 5.74) is 1.99. The van der Waals surface area contributed by atoms with Crippen LogP contribution in [0.15, 0.2) is 36.2 Å². The van der Waals surface area contributed by atoms with Crippen molar-refractivity contribution >= 4 is 0 Å². The van der Waals surface area contributed by atoms with E-state index in [0.717, 1.165) is 32.1 Å². The van der Waals surface area contributed by atoms with Crippen LogP contribution in [0.2, 0.25) is 0 Å². The van der Waals surface area contributed by atoms with Gasteiger partial charge in [0.25, 0.3) is 0 Å². The van der Waals surface area contributed by atoms with Gasteiger partial charge in [-0.2, -0.15) is 5.26 Å². The molecule has 0 amide bonds. The highest BCUT2D eigenvalue weighted by atomic mass is 19.1. The lowest BCUT2D eigenvalue weighted by molar-refractivity contribution is 0.319. The van der Waals surface area contributed by atoms with Gasteiger partial charge >= 0.3 is 0 Å². The lowest BCUT2D eigenvalue weighted by Crippen LogP contribution is -2.13. The molecule has 19 heavy (non-hydrogen) atoms. The zero-order valence-electron chi connectivity index (χ0n) is 11.4. The maximum Gasteiger partial charge on any atom is 0.0991 e. The van der Waals surface area contributed by atoms with E-state index in [1.54, 1.807) is 6.08 Å². The highest BCUT2D eigenvalue weighted by molar-refractivity contribution is 5.33. The Morgan fingerprint density at radius 2 is 1.89 bits per heavy atom. The molecule has 1 aromatic carbocycles. The SMILES string of the molecule is CC/C=C(\F)[C@H]1CC[C@H](c2ccc(C#N)cc2)CC1. The molecule has 1 aromatic rings. The standard InChI is InChI=1S/C17H20FN/c1-2-3-17(18)16-10-8-15(9-11-16)14-6-4-13(12-19)5-7-14/h3-7,15-16H,2,8-11H2,1H3/b17-3-/t15-,16-. The summed E-state index contributed by atoms with van der Waals surface area (Å²) in [6, 6.07) is 9.97. The largest absolute Gasteiger partial charge is 0.212 e. The Balaban J connectivity index is 1.96. The first kappa shape index (κ1) is 13.8. The summed E-state index contributed by atoms with van der Waals surface area (Å²) in [6.45, 7) is 1.97. The summed E-state index contributed by atoms with van der Waals surface area (Å²) < 4.78 is 13.7. The lowest BCUT2D eigenvalue weighted by atomic mass is 9.78. The number of allylic oxidation sites excluding steroid dienone is 2. The first-order valence-electron chi connectivity index (χ1n) is 7.10. The smallest absolute Gasteiger partial charge is 0.0991 e. The Morgan fingerprint density at radius 3 is 2.42 bits per heavy atom. The van der Waals surface area contributed by atoms with Crippen LogP contribution >= 0.6 is 0 Å². The molecule has 0 heterocycles. The molecule has 0 N–H and O–H groups in total. The van der Waals surface area contributed by atoms with E-state index >= 15 is 0 Å². The van der Waals surface area contributed by atoms with E-state index in [1.807, 2.05) is 31.2 Å². The zero-order valence-corrected chi connectivity index (χ0v) is 11.4. The predicted octanol–water partition coefficient (Wildman–Crippen LogP) is 5.10. The van der Waals surface area contributed by atoms with Gasteiger partial charge in [-0.05, 0) is 55.7 Å². The fraction of sp³-hybridized carbons (Fsp3) is 0.471. The number of hydrogen-bond acceptors (Lipinski definition) is 1. The third-order valence-electron chi connectivity index (χ3n) is 4.03. The van der Waals surface area contributed by atoms with Crippen LogP contribution in [0.1, 0.15) is 56.1 Å². The molecule has 2 rings (SSSR count). The Kier molecular flexibility index (Phi) is 4.74. The molecule has 0 aliphatic heterocycles. The average molecular weight is 257 g/mol. The van der Waals surface area contributed by atoms with Gasteiger partial charge in [0.1, 0.15) is 0 Å². The summed E-state index contributed by atoms with van der Waals surface area (Å²) in [6.07, 6.45) is 6.46. The van der Waals surface area contributed by atoms with Gasteiger partial charge in [-0.1, -0.05) is 25.1 Å². The number of nitrogens with zero attached hydrogens (tertiary/aromatic N) is 1. The van der Waals surface area contributed by atoms with E-state index in [2.05, 4.69) is 6.07 Å². The number of rotatable bonds is 3. The van der Waals surface area contributed by atoms with Crippen molar-refractivity contribution in [3.05, 3.63) is 47.3 Å². The van der Waals surface area contributed by atoms with Gasteiger partial charge in [0, 0.05) is 5.92 Å². The summed E-state index contributed by atoms with van der Waals surface area (Å²) in [7, 11) is 0. The van der Waals surface area contributed by atoms with Crippen LogP contribution in [0.25, 0.3) is 0 Å². The molecule has 0 bridgehead atoms. The van der Waals surface area contributed by atoms with Crippen molar-refractivity contribution in [1.29, 1.82) is 5.26 Å². The lowest BCUT2D eigenvalue weighted by Gasteiger charge is -2.28. The van der Waals surface area contributed by atoms with Crippen molar-refractivity contribution in [3.63, 3.8) is 0 Å². The Hall–Kier alpha value is -1.62. The van der Waals surface area contributed by atoms with E-state index in [-0.39, 0.29) is 11.7 Å². The molecule has 1 nitrogen and oxygen atoms in total. The van der Waals surface area contributed by atoms with Gasteiger partial charge in [-0.3, -0.25) is 0 Å². The molecule has 2 heteroatoms. The summed E-state index contributed by atoms with van der Waals surface area (Å²) in [5, 5.41) is 8.79. The predicted molar refractivity (Wildman–Crippen MR) is 75.3 cm³/mol. The van der Waals surface area contributed by atoms with Crippen LogP contribution in [-0.4, -0.2) is 0 Å². The molecule has 0 aromatic heterocycles. The van der Waals surface area contributed by atoms with Crippen molar-refractivity contribution in [2.75, 3.05) is 0 Å². The second kappa shape index (κ2) is 6.52. The fourth-order valence-corrected chi connectivity index (χ4v) is 2.89. The van der Waals surface area contributed by atoms with Crippen molar-refractivity contribution in [2.45, 2.75) is 44.9 Å². The minimum Gasteiger partial charge on any atom is -0.212 e. The minimum absolute atomic E-state index is 0.0841. The van der Waals surface area contributed by atoms with Crippen LogP contribution in [-0.2, 0) is 0 Å². The molecule has 0 atom stereocenters. The second-order valence-corrected chi connectivity index (χ2v) is 5.28. The topological polar surface area (TPSA) is 23.8 Å². The molecule has 0 saturated heterocycles. The van der Waals surface area contributed by atoms with Gasteiger partial charge < -0.3 is 0 Å². The highest BCUT2D eigenvalue weighted by Gasteiger charge is 2.24. The van der Waals surface area contributed by atoms with E-state index < -0.39 is 0 Å². The third-order valence-corrected chi connectivity index (χ3v) is 4.03. The Morgan fingerprint density at radius 1 is 1.26 bits per heavy atom. The van der Waals surface area contributed by atoms with Gasteiger partial charge in [-0.15, -0.1) is 0 Å². The van der Waals surface area contributed by atoms with Crippen molar-refractivity contribution < 1.29 is 4.39 Å². The van der Waals surface area contributed by atoms with Crippen molar-refractivity contribution in [3.8, 4) is 6.07 Å². The van der Waals surface area contributed by atoms with Gasteiger partial charge in [-0.25, -0.2) is 4.39 Å². The normalized spacial score (nSPS) is 23.9. The monoisotopic (exact) mass is 257 g/mol. The molecular formula is C17H20FN. The van der Waals surface area contributed by atoms with Crippen LogP contribution in [0.3, 0.4) is 0 Å². The molecule has 0 unspecified atom stereocenters. The third kappa shape index (κ3) is 3.44. The molecule has 0 radical (unpaired) electrons. The Bertz CT molecular complexity index is 473. The zero-order chi connectivity index (χ0) is 13.7. The first-order chi connectivity index (χ1) is 9.24. The van der Waals surface area contributed by atoms with Gasteiger partial charge in [0.05, 0.1) is 17.5 Å². The molecular weight excluding hydrogens is 237 g/mol. The molecule has 100 valence electrons. The molecule has 1 fully saturated rings. The second-order valence-electron chi connectivity index (χ2n) is 5.28. The van der Waals surface area contributed by atoms with Gasteiger partial charge in [0.15, 0.2) is 0 Å². The summed E-state index contributed by atoms with van der Waals surface area (Å²) in [5.74, 6) is 0.744. The van der Waals surface area contributed by atoms with Crippen LogP contribution < -0.4 is 0 Å². The minimum atomic E-state index is 0.0841. The summed E-state index contributed by atoms with van der Waals surface area (Å²) >= 11 is 0. The number of hydrogen-bond donors (Lipinski definition) is 0. The van der Waals surface area contributed by atoms with Crippen LogP contribution in [0, 0.1) is 17.2 Å². The molecule has 1 aliphatic carbocycles. The van der Waals surface area contributed by atoms with Crippen LogP contribution in [0.5, 0.6) is 0 Å². The number of nitriles is 1. The summed E-state index contributed by atoms with van der Waals surface area (Å²) in [4.78, 5) is 0. The van der Waals surface area contributed by atoms with Crippen molar-refractivity contribution in [2.24, 2.45) is 5.92 Å². The fourth-order valence-electron chi connectivity index (χ4n) is 2.89. The van der Waals surface area contributed by atoms with Gasteiger partial charge in [0.2, 0.25) is 0 Å². The maximum atomic E-state index is 13.7.